The molecular formula is C28H34N4O3. The van der Waals surface area contributed by atoms with Crippen LogP contribution in [0.15, 0.2) is 42.7 Å². The SMILES string of the molecule is COc1ccc2c3c([nH]c2c1)[C@@H](CO)N(C(=O)CC1CC1)CC31CCN(Cc2ccncc2)CC1. The first-order valence-electron chi connectivity index (χ1n) is 12.8. The molecule has 7 heteroatoms. The second kappa shape index (κ2) is 8.95. The van der Waals surface area contributed by atoms with Crippen molar-refractivity contribution in [1.82, 2.24) is 19.8 Å². The van der Waals surface area contributed by atoms with Crippen molar-refractivity contribution in [2.75, 3.05) is 33.4 Å². The molecule has 7 nitrogen and oxygen atoms in total. The van der Waals surface area contributed by atoms with Gasteiger partial charge in [-0.2, -0.15) is 0 Å². The van der Waals surface area contributed by atoms with Crippen LogP contribution in [-0.4, -0.2) is 64.1 Å². The average Bonchev–Trinajstić information content (AvgIpc) is 3.62. The highest BCUT2D eigenvalue weighted by molar-refractivity contribution is 5.89. The van der Waals surface area contributed by atoms with Crippen LogP contribution in [0.1, 0.15) is 55.0 Å². The second-order valence-electron chi connectivity index (χ2n) is 10.6. The summed E-state index contributed by atoms with van der Waals surface area (Å²) in [5, 5.41) is 11.7. The maximum absolute atomic E-state index is 13.4. The van der Waals surface area contributed by atoms with Crippen molar-refractivity contribution in [3.05, 3.63) is 59.5 Å². The number of fused-ring (bicyclic) bond motifs is 4. The first-order chi connectivity index (χ1) is 17.1. The Morgan fingerprint density at radius 3 is 2.66 bits per heavy atom. The Kier molecular flexibility index (Phi) is 5.77. The van der Waals surface area contributed by atoms with Gasteiger partial charge in [-0.1, -0.05) is 0 Å². The second-order valence-corrected chi connectivity index (χ2v) is 10.6. The molecule has 0 radical (unpaired) electrons. The van der Waals surface area contributed by atoms with Crippen LogP contribution in [-0.2, 0) is 16.8 Å². The van der Waals surface area contributed by atoms with Gasteiger partial charge in [0.2, 0.25) is 5.91 Å². The van der Waals surface area contributed by atoms with Gasteiger partial charge in [-0.05, 0) is 80.1 Å². The van der Waals surface area contributed by atoms with Crippen molar-refractivity contribution in [2.24, 2.45) is 5.92 Å². The van der Waals surface area contributed by atoms with E-state index in [1.807, 2.05) is 29.4 Å². The number of aliphatic hydroxyl groups is 1. The lowest BCUT2D eigenvalue weighted by Crippen LogP contribution is -2.55. The van der Waals surface area contributed by atoms with Crippen molar-refractivity contribution in [3.8, 4) is 5.75 Å². The fraction of sp³-hybridized carbons (Fsp3) is 0.500. The van der Waals surface area contributed by atoms with E-state index in [0.29, 0.717) is 18.9 Å². The molecule has 2 aliphatic heterocycles. The summed E-state index contributed by atoms with van der Waals surface area (Å²) in [5.74, 6) is 1.51. The summed E-state index contributed by atoms with van der Waals surface area (Å²) in [6.45, 7) is 3.47. The predicted molar refractivity (Wildman–Crippen MR) is 134 cm³/mol. The molecule has 6 rings (SSSR count). The lowest BCUT2D eigenvalue weighted by molar-refractivity contribution is -0.137. The number of hydrogen-bond acceptors (Lipinski definition) is 5. The van der Waals surface area contributed by atoms with Crippen LogP contribution < -0.4 is 4.74 Å². The van der Waals surface area contributed by atoms with Gasteiger partial charge in [0.05, 0.1) is 19.8 Å². The number of H-pyrrole nitrogens is 1. The molecule has 184 valence electrons. The Morgan fingerprint density at radius 1 is 1.20 bits per heavy atom. The number of nitrogens with one attached hydrogen (secondary N) is 1. The fourth-order valence-electron chi connectivity index (χ4n) is 6.25. The van der Waals surface area contributed by atoms with Gasteiger partial charge < -0.3 is 19.7 Å². The number of aromatic amines is 1. The Hall–Kier alpha value is -2.90. The van der Waals surface area contributed by atoms with Gasteiger partial charge in [-0.25, -0.2) is 0 Å². The highest BCUT2D eigenvalue weighted by Gasteiger charge is 2.49. The number of likely N-dealkylation sites (tertiary alicyclic amines) is 1. The van der Waals surface area contributed by atoms with E-state index in [0.717, 1.165) is 62.3 Å². The van der Waals surface area contributed by atoms with Gasteiger partial charge in [0.15, 0.2) is 0 Å². The van der Waals surface area contributed by atoms with Crippen molar-refractivity contribution in [2.45, 2.75) is 50.1 Å². The van der Waals surface area contributed by atoms with E-state index in [1.54, 1.807) is 7.11 Å². The van der Waals surface area contributed by atoms with E-state index in [9.17, 15) is 9.90 Å². The van der Waals surface area contributed by atoms with Crippen LogP contribution in [0, 0.1) is 5.92 Å². The minimum atomic E-state index is -0.324. The molecule has 2 aromatic heterocycles. The number of amides is 1. The standard InChI is InChI=1S/C28H34N4O3/c1-35-21-4-5-22-23(15-21)30-27-24(17-33)32(25(34)14-19-2-3-19)18-28(26(22)27)8-12-31(13-9-28)16-20-6-10-29-11-7-20/h4-7,10-11,15,19,24,30,33H,2-3,8-9,12-14,16-18H2,1H3/t24-/m1/s1. The molecule has 1 saturated heterocycles. The Balaban J connectivity index is 1.37. The maximum atomic E-state index is 13.4. The number of methoxy groups -OCH3 is 1. The number of carbonyl (C=O) groups is 1. The Morgan fingerprint density at radius 2 is 1.97 bits per heavy atom. The molecule has 1 saturated carbocycles. The molecule has 0 unspecified atom stereocenters. The summed E-state index contributed by atoms with van der Waals surface area (Å²) in [4.78, 5) is 25.7. The fourth-order valence-corrected chi connectivity index (χ4v) is 6.25. The lowest BCUT2D eigenvalue weighted by atomic mass is 9.68. The van der Waals surface area contributed by atoms with E-state index < -0.39 is 0 Å². The number of nitrogens with zero attached hydrogens (tertiary/aromatic N) is 3. The number of carbonyl (C=O) groups excluding carboxylic acids is 1. The molecule has 3 aliphatic rings. The van der Waals surface area contributed by atoms with E-state index in [1.165, 1.54) is 16.5 Å². The Labute approximate surface area is 206 Å². The third-order valence-electron chi connectivity index (χ3n) is 8.37. The largest absolute Gasteiger partial charge is 0.497 e. The van der Waals surface area contributed by atoms with Crippen molar-refractivity contribution < 1.29 is 14.6 Å². The van der Waals surface area contributed by atoms with Gasteiger partial charge >= 0.3 is 0 Å². The van der Waals surface area contributed by atoms with E-state index in [-0.39, 0.29) is 24.0 Å². The number of aliphatic hydroxyl groups excluding tert-OH is 1. The van der Waals surface area contributed by atoms with Crippen LogP contribution in [0.25, 0.3) is 10.9 Å². The maximum Gasteiger partial charge on any atom is 0.223 e. The molecule has 1 atom stereocenters. The predicted octanol–water partition coefficient (Wildman–Crippen LogP) is 3.78. The van der Waals surface area contributed by atoms with Gasteiger partial charge in [0.25, 0.3) is 0 Å². The summed E-state index contributed by atoms with van der Waals surface area (Å²) in [5.41, 5.74) is 4.48. The van der Waals surface area contributed by atoms with Crippen molar-refractivity contribution >= 4 is 16.8 Å². The van der Waals surface area contributed by atoms with E-state index >= 15 is 0 Å². The zero-order valence-corrected chi connectivity index (χ0v) is 20.4. The molecule has 1 aliphatic carbocycles. The summed E-state index contributed by atoms with van der Waals surface area (Å²) >= 11 is 0. The topological polar surface area (TPSA) is 81.7 Å². The minimum Gasteiger partial charge on any atom is -0.497 e. The zero-order valence-electron chi connectivity index (χ0n) is 20.4. The molecule has 3 aromatic rings. The highest BCUT2D eigenvalue weighted by Crippen LogP contribution is 2.49. The number of piperidine rings is 1. The zero-order chi connectivity index (χ0) is 24.0. The van der Waals surface area contributed by atoms with Crippen molar-refractivity contribution in [1.29, 1.82) is 0 Å². The van der Waals surface area contributed by atoms with Gasteiger partial charge in [-0.3, -0.25) is 14.7 Å². The van der Waals surface area contributed by atoms with E-state index in [2.05, 4.69) is 33.1 Å². The smallest absolute Gasteiger partial charge is 0.223 e. The third-order valence-corrected chi connectivity index (χ3v) is 8.37. The van der Waals surface area contributed by atoms with Gasteiger partial charge in [-0.15, -0.1) is 0 Å². The molecule has 35 heavy (non-hydrogen) atoms. The molecule has 0 bridgehead atoms. The summed E-state index contributed by atoms with van der Waals surface area (Å²) in [6.07, 6.45) is 8.57. The van der Waals surface area contributed by atoms with Crippen LogP contribution >= 0.6 is 0 Å². The summed E-state index contributed by atoms with van der Waals surface area (Å²) < 4.78 is 5.48. The number of ether oxygens (including phenoxy) is 1. The molecule has 1 spiro atoms. The van der Waals surface area contributed by atoms with Gasteiger partial charge in [0, 0.05) is 60.0 Å². The number of hydrogen-bond donors (Lipinski definition) is 2. The number of rotatable bonds is 6. The Bertz CT molecular complexity index is 1210. The average molecular weight is 475 g/mol. The van der Waals surface area contributed by atoms with E-state index in [4.69, 9.17) is 4.74 Å². The van der Waals surface area contributed by atoms with Gasteiger partial charge in [0.1, 0.15) is 5.75 Å². The summed E-state index contributed by atoms with van der Waals surface area (Å²) in [6, 6.07) is 10.0. The number of pyridine rings is 1. The monoisotopic (exact) mass is 474 g/mol. The number of aromatic nitrogens is 2. The highest BCUT2D eigenvalue weighted by atomic mass is 16.5. The number of benzene rings is 1. The third kappa shape index (κ3) is 4.10. The van der Waals surface area contributed by atoms with Crippen molar-refractivity contribution in [3.63, 3.8) is 0 Å². The first-order valence-corrected chi connectivity index (χ1v) is 12.8. The normalized spacial score (nSPS) is 21.9. The van der Waals surface area contributed by atoms with Crippen LogP contribution in [0.5, 0.6) is 5.75 Å². The molecule has 4 heterocycles. The quantitative estimate of drug-likeness (QED) is 0.568. The van der Waals surface area contributed by atoms with Crippen LogP contribution in [0.4, 0.5) is 0 Å². The van der Waals surface area contributed by atoms with Crippen LogP contribution in [0.3, 0.4) is 0 Å². The molecule has 1 amide bonds. The first kappa shape index (κ1) is 22.6. The summed E-state index contributed by atoms with van der Waals surface area (Å²) in [7, 11) is 1.68. The lowest BCUT2D eigenvalue weighted by Gasteiger charge is -2.50. The van der Waals surface area contributed by atoms with Crippen LogP contribution in [0.2, 0.25) is 0 Å². The molecule has 2 fully saturated rings. The molecule has 1 aromatic carbocycles. The molecule has 2 N–H and O–H groups in total. The minimum absolute atomic E-state index is 0.0718. The molecular weight excluding hydrogens is 440 g/mol.